The van der Waals surface area contributed by atoms with Crippen LogP contribution in [0.4, 0.5) is 10.8 Å². The molecule has 0 saturated carbocycles. The number of rotatable bonds is 13. The molecule has 2 aliphatic rings. The molecule has 0 radical (unpaired) electrons. The highest BCUT2D eigenvalue weighted by molar-refractivity contribution is 7.19. The number of nitrogen functional groups attached to an aromatic ring is 1. The van der Waals surface area contributed by atoms with E-state index in [0.717, 1.165) is 35.0 Å². The van der Waals surface area contributed by atoms with E-state index in [-0.39, 0.29) is 39.6 Å². The molecule has 0 unspecified atom stereocenters. The zero-order chi connectivity index (χ0) is 30.6. The number of hydrogen-bond acceptors (Lipinski definition) is 13. The van der Waals surface area contributed by atoms with Gasteiger partial charge in [0.25, 0.3) is 11.8 Å². The van der Waals surface area contributed by atoms with E-state index in [4.69, 9.17) is 32.0 Å². The van der Waals surface area contributed by atoms with Crippen LogP contribution in [0.5, 0.6) is 0 Å². The second-order valence-electron chi connectivity index (χ2n) is 9.09. The molecule has 0 aromatic carbocycles. The van der Waals surface area contributed by atoms with Crippen LogP contribution < -0.4 is 31.4 Å². The number of nitrogens with zero attached hydrogens (tertiary/aromatic N) is 4. The third-order valence-corrected chi connectivity index (χ3v) is 7.27. The second-order valence-corrected chi connectivity index (χ2v) is 10.7. The van der Waals surface area contributed by atoms with E-state index in [1.54, 1.807) is 17.0 Å². The lowest BCUT2D eigenvalue weighted by atomic mass is 9.98. The summed E-state index contributed by atoms with van der Waals surface area (Å²) >= 11 is 6.95. The van der Waals surface area contributed by atoms with Crippen LogP contribution in [0, 0.1) is 0 Å². The number of fused-ring (bicyclic) bond motifs is 1. The van der Waals surface area contributed by atoms with Crippen molar-refractivity contribution >= 4 is 63.2 Å². The number of nitrogens with two attached hydrogens (primary N) is 1. The number of likely N-dealkylation sites (N-methyl/N-ethyl adjacent to an activating group) is 1. The molecule has 2 aromatic heterocycles. The summed E-state index contributed by atoms with van der Waals surface area (Å²) in [4.78, 5) is 59.2. The first kappa shape index (κ1) is 30.6. The van der Waals surface area contributed by atoms with Crippen molar-refractivity contribution in [1.82, 2.24) is 20.5 Å². The number of aromatic nitrogens is 2. The summed E-state index contributed by atoms with van der Waals surface area (Å²) in [5, 5.41) is 33.4. The van der Waals surface area contributed by atoms with Crippen LogP contribution in [0.3, 0.4) is 0 Å². The van der Waals surface area contributed by atoms with E-state index in [9.17, 15) is 24.3 Å². The SMILES string of the molecule is CNCCNc1cc[n+](CC2=C(C(=O)[O-])N3C(=O)[C@@H](NC(=O)/C(=N\O[C@@H](C)C(=O)O)c4nc(N)sc4Cl)[C@H]3OC2)cc1. The number of pyridine rings is 1. The Bertz CT molecular complexity index is 1450. The first-order chi connectivity index (χ1) is 20.0. The van der Waals surface area contributed by atoms with Crippen molar-refractivity contribution in [2.24, 2.45) is 5.16 Å². The van der Waals surface area contributed by atoms with E-state index in [0.29, 0.717) is 0 Å². The number of carbonyl (C=O) groups excluding carboxylic acids is 3. The molecular weight excluding hydrogens is 596 g/mol. The molecule has 6 N–H and O–H groups in total. The van der Waals surface area contributed by atoms with Gasteiger partial charge < -0.3 is 46.3 Å². The predicted molar refractivity (Wildman–Crippen MR) is 146 cm³/mol. The molecule has 0 bridgehead atoms. The quantitative estimate of drug-likeness (QED) is 0.0531. The number of carbonyl (C=O) groups is 4. The molecule has 1 fully saturated rings. The average molecular weight is 623 g/mol. The summed E-state index contributed by atoms with van der Waals surface area (Å²) < 4.78 is 7.45. The molecule has 224 valence electrons. The van der Waals surface area contributed by atoms with Gasteiger partial charge in [0.15, 0.2) is 42.1 Å². The molecule has 16 nitrogen and oxygen atoms in total. The Morgan fingerprint density at radius 2 is 2.10 bits per heavy atom. The number of oxime groups is 1. The number of amides is 2. The number of thiazole rings is 1. The lowest BCUT2D eigenvalue weighted by Gasteiger charge is -2.50. The Balaban J connectivity index is 1.50. The van der Waals surface area contributed by atoms with Crippen molar-refractivity contribution < 1.29 is 43.5 Å². The molecule has 2 amide bonds. The topological polar surface area (TPSA) is 225 Å². The van der Waals surface area contributed by atoms with Crippen molar-refractivity contribution in [2.75, 3.05) is 37.8 Å². The first-order valence-electron chi connectivity index (χ1n) is 12.5. The summed E-state index contributed by atoms with van der Waals surface area (Å²) in [6.07, 6.45) is 0.916. The Morgan fingerprint density at radius 3 is 2.69 bits per heavy atom. The summed E-state index contributed by atoms with van der Waals surface area (Å²) in [7, 11) is 1.85. The summed E-state index contributed by atoms with van der Waals surface area (Å²) in [6, 6.07) is 2.34. The van der Waals surface area contributed by atoms with Crippen molar-refractivity contribution in [3.05, 3.63) is 45.8 Å². The minimum Gasteiger partial charge on any atom is -0.543 e. The van der Waals surface area contributed by atoms with Crippen molar-refractivity contribution in [3.63, 3.8) is 0 Å². The Kier molecular flexibility index (Phi) is 9.56. The van der Waals surface area contributed by atoms with Crippen LogP contribution in [-0.2, 0) is 35.3 Å². The summed E-state index contributed by atoms with van der Waals surface area (Å²) in [6.45, 7) is 2.62. The first-order valence-corrected chi connectivity index (χ1v) is 13.7. The molecule has 0 spiro atoms. The number of anilines is 2. The Labute approximate surface area is 247 Å². The normalized spacial score (nSPS) is 19.1. The van der Waals surface area contributed by atoms with Gasteiger partial charge in [-0.25, -0.2) is 14.3 Å². The number of hydrogen-bond donors (Lipinski definition) is 5. The molecule has 2 aliphatic heterocycles. The fourth-order valence-corrected chi connectivity index (χ4v) is 5.00. The highest BCUT2D eigenvalue weighted by atomic mass is 35.5. The molecule has 3 atom stereocenters. The smallest absolute Gasteiger partial charge is 0.347 e. The van der Waals surface area contributed by atoms with Gasteiger partial charge in [-0.3, -0.25) is 14.5 Å². The molecule has 4 rings (SSSR count). The van der Waals surface area contributed by atoms with Gasteiger partial charge in [-0.15, -0.1) is 0 Å². The third-order valence-electron chi connectivity index (χ3n) is 6.19. The van der Waals surface area contributed by atoms with Crippen molar-refractivity contribution in [3.8, 4) is 0 Å². The highest BCUT2D eigenvalue weighted by Gasteiger charge is 2.54. The monoisotopic (exact) mass is 622 g/mol. The highest BCUT2D eigenvalue weighted by Crippen LogP contribution is 2.33. The van der Waals surface area contributed by atoms with Crippen LogP contribution >= 0.6 is 22.9 Å². The number of ether oxygens (including phenoxy) is 1. The number of nitrogens with one attached hydrogen (secondary N) is 3. The third kappa shape index (κ3) is 6.59. The Hall–Kier alpha value is -4.32. The summed E-state index contributed by atoms with van der Waals surface area (Å²) in [5.41, 5.74) is 5.73. The minimum absolute atomic E-state index is 0.00266. The zero-order valence-electron chi connectivity index (χ0n) is 22.3. The van der Waals surface area contributed by atoms with Crippen molar-refractivity contribution in [2.45, 2.75) is 31.8 Å². The maximum Gasteiger partial charge on any atom is 0.347 e. The minimum atomic E-state index is -1.58. The van der Waals surface area contributed by atoms with E-state index in [2.05, 4.69) is 26.1 Å². The number of aliphatic carboxylic acids is 2. The van der Waals surface area contributed by atoms with Gasteiger partial charge in [-0.2, -0.15) is 0 Å². The second kappa shape index (κ2) is 13.1. The van der Waals surface area contributed by atoms with E-state index >= 15 is 0 Å². The molecule has 0 aliphatic carbocycles. The standard InChI is InChI=1S/C24H27ClN8O8S/c1-11(22(36)37)41-31-15(14-18(25)42-24(26)30-14)19(34)29-16-20(35)33-17(23(38)39)12(10-40-21(16)33)9-32-7-3-13(4-8-32)28-6-5-27-2/h3-4,7-8,11,16,21,27H,5-6,9-10H2,1-2H3,(H5,26,29,30,34,36,37,38,39)/b31-15-/t11-,16+,21+/m0/s1. The number of carboxylic acid groups (broad SMARTS) is 2. The molecule has 2 aromatic rings. The average Bonchev–Trinajstić information content (AvgIpc) is 3.29. The predicted octanol–water partition coefficient (Wildman–Crippen LogP) is -2.12. The van der Waals surface area contributed by atoms with Gasteiger partial charge in [0.1, 0.15) is 10.0 Å². The van der Waals surface area contributed by atoms with E-state index < -0.39 is 47.8 Å². The van der Waals surface area contributed by atoms with Crippen LogP contribution in [0.1, 0.15) is 12.6 Å². The van der Waals surface area contributed by atoms with Gasteiger partial charge >= 0.3 is 5.97 Å². The molecule has 42 heavy (non-hydrogen) atoms. The van der Waals surface area contributed by atoms with Crippen molar-refractivity contribution in [1.29, 1.82) is 0 Å². The summed E-state index contributed by atoms with van der Waals surface area (Å²) in [5.74, 6) is -4.71. The lowest BCUT2D eigenvalue weighted by Crippen LogP contribution is -2.74. The number of β-lactam (4-membered cyclic amide) rings is 1. The van der Waals surface area contributed by atoms with Crippen LogP contribution in [0.15, 0.2) is 41.0 Å². The van der Waals surface area contributed by atoms with Gasteiger partial charge in [0.2, 0.25) is 6.10 Å². The molecular formula is C24H27ClN8O8S. The van der Waals surface area contributed by atoms with Crippen LogP contribution in [0.2, 0.25) is 4.34 Å². The number of carboxylic acids is 2. The van der Waals surface area contributed by atoms with E-state index in [1.165, 1.54) is 6.92 Å². The molecule has 18 heteroatoms. The number of halogens is 1. The van der Waals surface area contributed by atoms with Gasteiger partial charge in [-0.05, 0) is 14.0 Å². The lowest BCUT2D eigenvalue weighted by molar-refractivity contribution is -0.689. The largest absolute Gasteiger partial charge is 0.543 e. The Morgan fingerprint density at radius 1 is 1.38 bits per heavy atom. The fraction of sp³-hybridized carbons (Fsp3) is 0.375. The van der Waals surface area contributed by atoms with Gasteiger partial charge in [0, 0.05) is 36.5 Å². The molecule has 4 heterocycles. The van der Waals surface area contributed by atoms with Gasteiger partial charge in [0.05, 0.1) is 18.3 Å². The fourth-order valence-electron chi connectivity index (χ4n) is 4.07. The van der Waals surface area contributed by atoms with Crippen LogP contribution in [-0.4, -0.2) is 89.6 Å². The van der Waals surface area contributed by atoms with Gasteiger partial charge in [-0.1, -0.05) is 28.1 Å². The maximum atomic E-state index is 13.2. The molecule has 1 saturated heterocycles. The van der Waals surface area contributed by atoms with E-state index in [1.807, 2.05) is 19.2 Å². The van der Waals surface area contributed by atoms with Crippen LogP contribution in [0.25, 0.3) is 0 Å². The zero-order valence-corrected chi connectivity index (χ0v) is 23.9. The maximum absolute atomic E-state index is 13.2.